The highest BCUT2D eigenvalue weighted by Crippen LogP contribution is 2.24. The second-order valence-corrected chi connectivity index (χ2v) is 4.61. The number of aromatic amines is 1. The van der Waals surface area contributed by atoms with E-state index >= 15 is 0 Å². The van der Waals surface area contributed by atoms with Crippen molar-refractivity contribution in [2.45, 2.75) is 0 Å². The van der Waals surface area contributed by atoms with Crippen molar-refractivity contribution >= 4 is 28.4 Å². The van der Waals surface area contributed by atoms with Gasteiger partial charge in [0.05, 0.1) is 12.6 Å². The van der Waals surface area contributed by atoms with E-state index in [0.29, 0.717) is 22.6 Å². The summed E-state index contributed by atoms with van der Waals surface area (Å²) in [6.07, 6.45) is 0. The maximum Gasteiger partial charge on any atom is 0.324 e. The van der Waals surface area contributed by atoms with Crippen molar-refractivity contribution in [2.75, 3.05) is 17.7 Å². The van der Waals surface area contributed by atoms with Crippen LogP contribution in [-0.4, -0.2) is 28.4 Å². The molecule has 0 aliphatic heterocycles. The molecule has 0 bridgehead atoms. The van der Waals surface area contributed by atoms with Gasteiger partial charge in [-0.3, -0.25) is 10.4 Å². The zero-order valence-corrected chi connectivity index (χ0v) is 11.8. The summed E-state index contributed by atoms with van der Waals surface area (Å²) in [4.78, 5) is 12.0. The van der Waals surface area contributed by atoms with Gasteiger partial charge in [-0.15, -0.1) is 0 Å². The lowest BCUT2D eigenvalue weighted by atomic mass is 10.2. The first-order chi connectivity index (χ1) is 10.7. The van der Waals surface area contributed by atoms with Gasteiger partial charge in [-0.2, -0.15) is 5.10 Å². The van der Waals surface area contributed by atoms with E-state index in [1.54, 1.807) is 43.5 Å². The zero-order valence-electron chi connectivity index (χ0n) is 11.8. The van der Waals surface area contributed by atoms with Gasteiger partial charge in [0.15, 0.2) is 5.82 Å². The van der Waals surface area contributed by atoms with Crippen molar-refractivity contribution in [1.29, 1.82) is 0 Å². The number of methoxy groups -OCH3 is 1. The molecule has 0 saturated carbocycles. The fourth-order valence-corrected chi connectivity index (χ4v) is 2.04. The van der Waals surface area contributed by atoms with E-state index in [1.165, 1.54) is 6.07 Å². The number of carbonyl (C=O) groups excluding carboxylic acids is 1. The first kappa shape index (κ1) is 13.7. The van der Waals surface area contributed by atoms with Crippen LogP contribution in [0, 0.1) is 0 Å². The van der Waals surface area contributed by atoms with E-state index in [1.807, 2.05) is 0 Å². The largest absolute Gasteiger partial charge is 0.508 e. The third kappa shape index (κ3) is 2.78. The minimum Gasteiger partial charge on any atom is -0.508 e. The normalized spacial score (nSPS) is 10.4. The van der Waals surface area contributed by atoms with E-state index in [4.69, 9.17) is 4.74 Å². The van der Waals surface area contributed by atoms with E-state index in [9.17, 15) is 9.90 Å². The summed E-state index contributed by atoms with van der Waals surface area (Å²) in [5, 5.41) is 22.3. The molecule has 4 N–H and O–H groups in total. The number of aromatic nitrogens is 2. The van der Waals surface area contributed by atoms with E-state index in [-0.39, 0.29) is 5.75 Å². The van der Waals surface area contributed by atoms with Gasteiger partial charge >= 0.3 is 6.03 Å². The number of rotatable bonds is 3. The molecule has 0 spiro atoms. The number of anilines is 2. The van der Waals surface area contributed by atoms with Gasteiger partial charge in [-0.1, -0.05) is 0 Å². The Bertz CT molecular complexity index is 811. The molecule has 7 heteroatoms. The molecule has 22 heavy (non-hydrogen) atoms. The average molecular weight is 298 g/mol. The maximum atomic E-state index is 12.0. The highest BCUT2D eigenvalue weighted by Gasteiger charge is 2.10. The summed E-state index contributed by atoms with van der Waals surface area (Å²) >= 11 is 0. The molecule has 1 heterocycles. The predicted octanol–water partition coefficient (Wildman–Crippen LogP) is 2.92. The number of nitrogens with zero attached hydrogens (tertiary/aromatic N) is 1. The molecule has 0 fully saturated rings. The van der Waals surface area contributed by atoms with Crippen LogP contribution in [0.1, 0.15) is 0 Å². The lowest BCUT2D eigenvalue weighted by Crippen LogP contribution is -2.19. The Morgan fingerprint density at radius 3 is 2.68 bits per heavy atom. The number of carbonyl (C=O) groups is 1. The van der Waals surface area contributed by atoms with Gasteiger partial charge in [-0.25, -0.2) is 4.79 Å². The van der Waals surface area contributed by atoms with Gasteiger partial charge < -0.3 is 15.2 Å². The maximum absolute atomic E-state index is 12.0. The highest BCUT2D eigenvalue weighted by atomic mass is 16.5. The number of nitrogens with one attached hydrogen (secondary N) is 3. The van der Waals surface area contributed by atoms with Crippen molar-refractivity contribution in [3.63, 3.8) is 0 Å². The summed E-state index contributed by atoms with van der Waals surface area (Å²) in [6.45, 7) is 0. The molecule has 0 saturated heterocycles. The molecule has 0 radical (unpaired) electrons. The number of hydrogen-bond acceptors (Lipinski definition) is 4. The van der Waals surface area contributed by atoms with Crippen LogP contribution in [0.15, 0.2) is 42.5 Å². The molecule has 0 aliphatic rings. The molecule has 3 aromatic rings. The molecule has 2 amide bonds. The fourth-order valence-electron chi connectivity index (χ4n) is 2.04. The monoisotopic (exact) mass is 298 g/mol. The smallest absolute Gasteiger partial charge is 0.324 e. The number of phenols is 1. The summed E-state index contributed by atoms with van der Waals surface area (Å²) in [5.41, 5.74) is 1.35. The standard InChI is InChI=1S/C15H14N4O3/c1-22-11-5-2-9(3-6-11)16-15(21)17-14-12-8-10(20)4-7-13(12)18-19-14/h2-8,20H,1H3,(H3,16,17,18,19,21). The summed E-state index contributed by atoms with van der Waals surface area (Å²) in [5.74, 6) is 1.16. The molecule has 1 aromatic heterocycles. The van der Waals surface area contributed by atoms with E-state index in [0.717, 1.165) is 5.52 Å². The van der Waals surface area contributed by atoms with Crippen molar-refractivity contribution in [2.24, 2.45) is 0 Å². The third-order valence-corrected chi connectivity index (χ3v) is 3.13. The summed E-state index contributed by atoms with van der Waals surface area (Å²) < 4.78 is 5.05. The lowest BCUT2D eigenvalue weighted by molar-refractivity contribution is 0.262. The van der Waals surface area contributed by atoms with Crippen LogP contribution in [0.5, 0.6) is 11.5 Å². The number of amides is 2. The van der Waals surface area contributed by atoms with E-state index < -0.39 is 6.03 Å². The van der Waals surface area contributed by atoms with Crippen LogP contribution in [-0.2, 0) is 0 Å². The molecule has 7 nitrogen and oxygen atoms in total. The third-order valence-electron chi connectivity index (χ3n) is 3.13. The molecule has 3 rings (SSSR count). The minimum atomic E-state index is -0.429. The van der Waals surface area contributed by atoms with Gasteiger partial charge in [-0.05, 0) is 42.5 Å². The SMILES string of the molecule is COc1ccc(NC(=O)Nc2n[nH]c3ccc(O)cc23)cc1. The van der Waals surface area contributed by atoms with Crippen molar-refractivity contribution < 1.29 is 14.6 Å². The second-order valence-electron chi connectivity index (χ2n) is 4.61. The zero-order chi connectivity index (χ0) is 15.5. The Balaban J connectivity index is 1.73. The topological polar surface area (TPSA) is 99.3 Å². The van der Waals surface area contributed by atoms with Crippen molar-refractivity contribution in [1.82, 2.24) is 10.2 Å². The molecule has 0 unspecified atom stereocenters. The van der Waals surface area contributed by atoms with Crippen LogP contribution < -0.4 is 15.4 Å². The van der Waals surface area contributed by atoms with E-state index in [2.05, 4.69) is 20.8 Å². The van der Waals surface area contributed by atoms with Crippen molar-refractivity contribution in [3.05, 3.63) is 42.5 Å². The number of ether oxygens (including phenoxy) is 1. The van der Waals surface area contributed by atoms with Gasteiger partial charge in [0.1, 0.15) is 11.5 Å². The number of hydrogen-bond donors (Lipinski definition) is 4. The minimum absolute atomic E-state index is 0.104. The van der Waals surface area contributed by atoms with Crippen LogP contribution in [0.3, 0.4) is 0 Å². The quantitative estimate of drug-likeness (QED) is 0.597. The number of H-pyrrole nitrogens is 1. The Labute approximate surface area is 125 Å². The lowest BCUT2D eigenvalue weighted by Gasteiger charge is -2.07. The molecular weight excluding hydrogens is 284 g/mol. The first-order valence-electron chi connectivity index (χ1n) is 6.55. The molecule has 2 aromatic carbocycles. The average Bonchev–Trinajstić information content (AvgIpc) is 2.90. The second kappa shape index (κ2) is 5.65. The Morgan fingerprint density at radius 2 is 1.95 bits per heavy atom. The Hall–Kier alpha value is -3.22. The number of fused-ring (bicyclic) bond motifs is 1. The Kier molecular flexibility index (Phi) is 3.53. The molecule has 0 atom stereocenters. The predicted molar refractivity (Wildman–Crippen MR) is 83.4 cm³/mol. The van der Waals surface area contributed by atoms with Crippen molar-refractivity contribution in [3.8, 4) is 11.5 Å². The summed E-state index contributed by atoms with van der Waals surface area (Å²) in [7, 11) is 1.58. The number of aromatic hydroxyl groups is 1. The first-order valence-corrected chi connectivity index (χ1v) is 6.55. The number of benzene rings is 2. The van der Waals surface area contributed by atoms with Crippen LogP contribution >= 0.6 is 0 Å². The molecule has 0 aliphatic carbocycles. The van der Waals surface area contributed by atoms with Gasteiger partial charge in [0, 0.05) is 11.1 Å². The van der Waals surface area contributed by atoms with Crippen LogP contribution in [0.4, 0.5) is 16.3 Å². The Morgan fingerprint density at radius 1 is 1.18 bits per heavy atom. The fraction of sp³-hybridized carbons (Fsp3) is 0.0667. The molecule has 112 valence electrons. The van der Waals surface area contributed by atoms with Gasteiger partial charge in [0.25, 0.3) is 0 Å². The van der Waals surface area contributed by atoms with Crippen LogP contribution in [0.2, 0.25) is 0 Å². The number of phenolic OH excluding ortho intramolecular Hbond substituents is 1. The number of urea groups is 1. The molecular formula is C15H14N4O3. The van der Waals surface area contributed by atoms with Crippen LogP contribution in [0.25, 0.3) is 10.9 Å². The summed E-state index contributed by atoms with van der Waals surface area (Å²) in [6, 6.07) is 11.3. The van der Waals surface area contributed by atoms with Gasteiger partial charge in [0.2, 0.25) is 0 Å². The highest BCUT2D eigenvalue weighted by molar-refractivity contribution is 6.04.